The molecule has 15 heavy (non-hydrogen) atoms. The van der Waals surface area contributed by atoms with Crippen LogP contribution in [0, 0.1) is 17.4 Å². The second-order valence-corrected chi connectivity index (χ2v) is 5.24. The van der Waals surface area contributed by atoms with Crippen molar-refractivity contribution in [2.75, 3.05) is 7.05 Å². The van der Waals surface area contributed by atoms with Crippen molar-refractivity contribution >= 4 is 40.5 Å². The molecule has 82 valence electrons. The molecular weight excluding hydrogens is 321 g/mol. The molecule has 3 nitrogen and oxygen atoms in total. The van der Waals surface area contributed by atoms with Gasteiger partial charge in [0.15, 0.2) is 5.96 Å². The van der Waals surface area contributed by atoms with E-state index in [0.717, 1.165) is 0 Å². The summed E-state index contributed by atoms with van der Waals surface area (Å²) in [6, 6.07) is 4.30. The van der Waals surface area contributed by atoms with Crippen molar-refractivity contribution in [3.8, 4) is 0 Å². The second-order valence-electron chi connectivity index (χ2n) is 3.18. The fraction of sp³-hybridized carbons (Fsp3) is 0.300. The van der Waals surface area contributed by atoms with Gasteiger partial charge in [0.05, 0.1) is 0 Å². The first-order valence-corrected chi connectivity index (χ1v) is 6.36. The highest BCUT2D eigenvalue weighted by Crippen LogP contribution is 2.25. The van der Waals surface area contributed by atoms with Crippen molar-refractivity contribution in [2.24, 2.45) is 10.7 Å². The lowest BCUT2D eigenvalue weighted by Crippen LogP contribution is -2.25. The van der Waals surface area contributed by atoms with Crippen molar-refractivity contribution in [3.63, 3.8) is 0 Å². The van der Waals surface area contributed by atoms with Crippen LogP contribution >= 0.6 is 34.5 Å². The number of hydrogen-bond donors (Lipinski definition) is 2. The minimum absolute atomic E-state index is 0.442. The minimum Gasteiger partial charge on any atom is -0.369 e. The molecule has 0 amide bonds. The molecule has 0 aliphatic rings. The third kappa shape index (κ3) is 3.57. The van der Waals surface area contributed by atoms with Crippen LogP contribution in [0.25, 0.3) is 0 Å². The number of nitrogens with one attached hydrogen (secondary N) is 1. The van der Waals surface area contributed by atoms with Crippen LogP contribution in [0.2, 0.25) is 0 Å². The third-order valence-electron chi connectivity index (χ3n) is 1.92. The highest BCUT2D eigenvalue weighted by molar-refractivity contribution is 14.1. The number of aryl methyl sites for hydroxylation is 2. The Balaban J connectivity index is 2.86. The van der Waals surface area contributed by atoms with E-state index < -0.39 is 0 Å². The number of rotatable bonds is 2. The second kappa shape index (κ2) is 5.60. The predicted molar refractivity (Wildman–Crippen MR) is 75.2 cm³/mol. The van der Waals surface area contributed by atoms with E-state index in [4.69, 9.17) is 5.73 Å². The van der Waals surface area contributed by atoms with Crippen molar-refractivity contribution in [2.45, 2.75) is 18.7 Å². The molecule has 0 unspecified atom stereocenters. The van der Waals surface area contributed by atoms with E-state index in [-0.39, 0.29) is 0 Å². The van der Waals surface area contributed by atoms with E-state index >= 15 is 0 Å². The maximum Gasteiger partial charge on any atom is 0.198 e. The van der Waals surface area contributed by atoms with Crippen LogP contribution in [-0.4, -0.2) is 13.0 Å². The van der Waals surface area contributed by atoms with Crippen LogP contribution in [0.4, 0.5) is 0 Å². The van der Waals surface area contributed by atoms with Gasteiger partial charge in [-0.1, -0.05) is 0 Å². The quantitative estimate of drug-likeness (QED) is 0.378. The Bertz CT molecular complexity index is 367. The Kier molecular flexibility index (Phi) is 4.72. The standard InChI is InChI=1S/C10H14IN3S/c1-6-4-8(11)5-7(2)9(6)15-14-10(12)13-3/h4-5H,1-3H3,(H3,12,13,14). The summed E-state index contributed by atoms with van der Waals surface area (Å²) in [4.78, 5) is 5.05. The van der Waals surface area contributed by atoms with Gasteiger partial charge in [-0.2, -0.15) is 0 Å². The minimum atomic E-state index is 0.442. The normalized spacial score (nSPS) is 11.6. The molecule has 0 atom stereocenters. The highest BCUT2D eigenvalue weighted by Gasteiger charge is 2.05. The van der Waals surface area contributed by atoms with Crippen LogP contribution in [0.1, 0.15) is 11.1 Å². The molecule has 0 heterocycles. The summed E-state index contributed by atoms with van der Waals surface area (Å²) in [5.41, 5.74) is 8.07. The van der Waals surface area contributed by atoms with Gasteiger partial charge in [0.25, 0.3) is 0 Å². The predicted octanol–water partition coefficient (Wildman–Crippen LogP) is 2.45. The third-order valence-corrected chi connectivity index (χ3v) is 3.71. The van der Waals surface area contributed by atoms with Gasteiger partial charge in [0.2, 0.25) is 0 Å². The van der Waals surface area contributed by atoms with Gasteiger partial charge in [-0.15, -0.1) is 0 Å². The maximum absolute atomic E-state index is 5.57. The van der Waals surface area contributed by atoms with Crippen LogP contribution in [-0.2, 0) is 0 Å². The summed E-state index contributed by atoms with van der Waals surface area (Å²) in [6.45, 7) is 4.19. The molecule has 0 saturated carbocycles. The van der Waals surface area contributed by atoms with Crippen LogP contribution in [0.15, 0.2) is 22.0 Å². The number of aliphatic imine (C=N–C) groups is 1. The van der Waals surface area contributed by atoms with Gasteiger partial charge in [0, 0.05) is 15.5 Å². The summed E-state index contributed by atoms with van der Waals surface area (Å²) in [6.07, 6.45) is 0. The van der Waals surface area contributed by atoms with Crippen molar-refractivity contribution in [1.82, 2.24) is 4.72 Å². The fourth-order valence-electron chi connectivity index (χ4n) is 1.21. The molecule has 0 spiro atoms. The van der Waals surface area contributed by atoms with Gasteiger partial charge in [-0.25, -0.2) is 0 Å². The Hall–Kier alpha value is -0.430. The molecule has 3 N–H and O–H groups in total. The van der Waals surface area contributed by atoms with Gasteiger partial charge >= 0.3 is 0 Å². The van der Waals surface area contributed by atoms with E-state index in [1.165, 1.54) is 31.5 Å². The number of benzene rings is 1. The number of halogens is 1. The van der Waals surface area contributed by atoms with Crippen LogP contribution < -0.4 is 10.5 Å². The Morgan fingerprint density at radius 1 is 1.40 bits per heavy atom. The molecular formula is C10H14IN3S. The average molecular weight is 335 g/mol. The van der Waals surface area contributed by atoms with Gasteiger partial charge in [-0.3, -0.25) is 9.71 Å². The Morgan fingerprint density at radius 2 is 1.93 bits per heavy atom. The monoisotopic (exact) mass is 335 g/mol. The lowest BCUT2D eigenvalue weighted by Gasteiger charge is -2.10. The topological polar surface area (TPSA) is 50.4 Å². The maximum atomic E-state index is 5.57. The smallest absolute Gasteiger partial charge is 0.198 e. The average Bonchev–Trinajstić information content (AvgIpc) is 2.15. The number of hydrogen-bond acceptors (Lipinski definition) is 2. The fourth-order valence-corrected chi connectivity index (χ4v) is 2.88. The molecule has 0 aromatic heterocycles. The van der Waals surface area contributed by atoms with Crippen LogP contribution in [0.3, 0.4) is 0 Å². The summed E-state index contributed by atoms with van der Waals surface area (Å²) >= 11 is 3.82. The molecule has 5 heteroatoms. The summed E-state index contributed by atoms with van der Waals surface area (Å²) < 4.78 is 4.25. The number of nitrogens with zero attached hydrogens (tertiary/aromatic N) is 1. The molecule has 0 saturated heterocycles. The zero-order valence-electron chi connectivity index (χ0n) is 8.97. The van der Waals surface area contributed by atoms with E-state index in [0.29, 0.717) is 5.96 Å². The summed E-state index contributed by atoms with van der Waals surface area (Å²) in [5, 5.41) is 0. The molecule has 1 aromatic carbocycles. The number of nitrogens with two attached hydrogens (primary N) is 1. The first-order valence-electron chi connectivity index (χ1n) is 4.46. The SMILES string of the molecule is CN=C(N)NSc1c(C)cc(I)cc1C. The molecule has 1 aromatic rings. The summed E-state index contributed by atoms with van der Waals surface area (Å²) in [7, 11) is 1.66. The molecule has 0 fully saturated rings. The molecule has 0 aliphatic heterocycles. The Labute approximate surface area is 108 Å². The van der Waals surface area contributed by atoms with E-state index in [2.05, 4.69) is 58.3 Å². The first-order chi connectivity index (χ1) is 7.04. The van der Waals surface area contributed by atoms with Crippen molar-refractivity contribution in [3.05, 3.63) is 26.8 Å². The highest BCUT2D eigenvalue weighted by atomic mass is 127. The molecule has 1 rings (SSSR count). The molecule has 0 radical (unpaired) electrons. The lowest BCUT2D eigenvalue weighted by molar-refractivity contribution is 1.19. The lowest BCUT2D eigenvalue weighted by atomic mass is 10.2. The van der Waals surface area contributed by atoms with Gasteiger partial charge in [0.1, 0.15) is 0 Å². The van der Waals surface area contributed by atoms with Crippen molar-refractivity contribution in [1.29, 1.82) is 0 Å². The largest absolute Gasteiger partial charge is 0.369 e. The zero-order valence-corrected chi connectivity index (χ0v) is 11.9. The zero-order chi connectivity index (χ0) is 11.4. The van der Waals surface area contributed by atoms with E-state index in [1.807, 2.05) is 0 Å². The summed E-state index contributed by atoms with van der Waals surface area (Å²) in [5.74, 6) is 0.442. The van der Waals surface area contributed by atoms with Crippen molar-refractivity contribution < 1.29 is 0 Å². The van der Waals surface area contributed by atoms with E-state index in [1.54, 1.807) is 7.05 Å². The number of guanidine groups is 1. The van der Waals surface area contributed by atoms with E-state index in [9.17, 15) is 0 Å². The molecule has 0 aliphatic carbocycles. The van der Waals surface area contributed by atoms with Crippen LogP contribution in [0.5, 0.6) is 0 Å². The Morgan fingerprint density at radius 3 is 2.40 bits per heavy atom. The molecule has 0 bridgehead atoms. The van der Waals surface area contributed by atoms with Gasteiger partial charge < -0.3 is 5.73 Å². The van der Waals surface area contributed by atoms with Gasteiger partial charge in [-0.05, 0) is 71.6 Å². The first kappa shape index (κ1) is 12.6.